The van der Waals surface area contributed by atoms with E-state index in [0.29, 0.717) is 5.69 Å². The number of hydrogen-bond acceptors (Lipinski definition) is 1. The van der Waals surface area contributed by atoms with Gasteiger partial charge in [-0.2, -0.15) is 18.3 Å². The molecular formula is C17H29F3N2. The van der Waals surface area contributed by atoms with Crippen molar-refractivity contribution in [1.82, 2.24) is 9.78 Å². The number of unbranched alkanes of at least 4 members (excludes halogenated alkanes) is 5. The molecule has 0 bridgehead atoms. The summed E-state index contributed by atoms with van der Waals surface area (Å²) in [5.74, 6) is 0.158. The van der Waals surface area contributed by atoms with Crippen LogP contribution in [0.2, 0.25) is 0 Å². The molecule has 0 N–H and O–H groups in total. The highest BCUT2D eigenvalue weighted by molar-refractivity contribution is 5.17. The Kier molecular flexibility index (Phi) is 7.97. The molecule has 1 heterocycles. The van der Waals surface area contributed by atoms with E-state index in [4.69, 9.17) is 0 Å². The molecule has 1 rings (SSSR count). The van der Waals surface area contributed by atoms with Crippen LogP contribution < -0.4 is 0 Å². The first-order chi connectivity index (χ1) is 10.4. The fraction of sp³-hybridized carbons (Fsp3) is 0.824. The Labute approximate surface area is 132 Å². The van der Waals surface area contributed by atoms with Gasteiger partial charge in [-0.15, -0.1) is 0 Å². The van der Waals surface area contributed by atoms with Crippen molar-refractivity contribution in [3.63, 3.8) is 0 Å². The normalized spacial score (nSPS) is 13.5. The van der Waals surface area contributed by atoms with E-state index in [1.165, 1.54) is 26.0 Å². The third-order valence-corrected chi connectivity index (χ3v) is 4.17. The summed E-state index contributed by atoms with van der Waals surface area (Å²) in [6, 6.07) is 1.25. The number of halogens is 3. The Hall–Kier alpha value is -1.00. The van der Waals surface area contributed by atoms with Gasteiger partial charge in [0.25, 0.3) is 0 Å². The molecule has 0 radical (unpaired) electrons. The zero-order valence-corrected chi connectivity index (χ0v) is 14.0. The predicted molar refractivity (Wildman–Crippen MR) is 83.9 cm³/mol. The Morgan fingerprint density at radius 1 is 1.00 bits per heavy atom. The predicted octanol–water partition coefficient (Wildman–Crippen LogP) is 6.07. The molecule has 0 saturated carbocycles. The Balaban J connectivity index is 2.76. The third kappa shape index (κ3) is 6.01. The summed E-state index contributed by atoms with van der Waals surface area (Å²) in [5.41, 5.74) is -0.0287. The molecule has 0 fully saturated rings. The molecule has 128 valence electrons. The minimum Gasteiger partial charge on any atom is -0.263 e. The van der Waals surface area contributed by atoms with Gasteiger partial charge in [0.05, 0.1) is 5.69 Å². The fourth-order valence-corrected chi connectivity index (χ4v) is 2.85. The lowest BCUT2D eigenvalue weighted by molar-refractivity contribution is -0.143. The van der Waals surface area contributed by atoms with Crippen LogP contribution in [0.3, 0.4) is 0 Å². The highest BCUT2D eigenvalue weighted by Crippen LogP contribution is 2.33. The second-order valence-electron chi connectivity index (χ2n) is 6.12. The second kappa shape index (κ2) is 9.21. The first kappa shape index (κ1) is 19.0. The first-order valence-corrected chi connectivity index (χ1v) is 8.51. The lowest BCUT2D eigenvalue weighted by atomic mass is 9.92. The minimum atomic E-state index is -4.32. The van der Waals surface area contributed by atoms with Crippen molar-refractivity contribution in [2.24, 2.45) is 7.05 Å². The number of rotatable bonds is 10. The molecule has 2 nitrogen and oxygen atoms in total. The van der Waals surface area contributed by atoms with Crippen LogP contribution in [0.4, 0.5) is 13.2 Å². The van der Waals surface area contributed by atoms with Gasteiger partial charge in [-0.3, -0.25) is 4.68 Å². The summed E-state index contributed by atoms with van der Waals surface area (Å²) in [7, 11) is 1.38. The molecule has 0 aliphatic carbocycles. The molecule has 0 aliphatic heterocycles. The average Bonchev–Trinajstić information content (AvgIpc) is 2.83. The molecule has 22 heavy (non-hydrogen) atoms. The van der Waals surface area contributed by atoms with Crippen molar-refractivity contribution >= 4 is 0 Å². The third-order valence-electron chi connectivity index (χ3n) is 4.17. The van der Waals surface area contributed by atoms with Gasteiger partial charge in [0, 0.05) is 13.0 Å². The highest BCUT2D eigenvalue weighted by Gasteiger charge is 2.35. The van der Waals surface area contributed by atoms with Crippen LogP contribution in [0.1, 0.15) is 88.9 Å². The van der Waals surface area contributed by atoms with Crippen molar-refractivity contribution in [3.8, 4) is 0 Å². The molecule has 0 saturated heterocycles. The van der Waals surface area contributed by atoms with Gasteiger partial charge in [0.2, 0.25) is 0 Å². The molecule has 1 aromatic heterocycles. The Bertz CT molecular complexity index is 424. The Morgan fingerprint density at radius 2 is 1.55 bits per heavy atom. The lowest BCUT2D eigenvalue weighted by Crippen LogP contribution is -2.11. The summed E-state index contributed by atoms with van der Waals surface area (Å²) in [6.07, 6.45) is 5.46. The van der Waals surface area contributed by atoms with Crippen molar-refractivity contribution in [1.29, 1.82) is 0 Å². The molecule has 0 spiro atoms. The zero-order chi connectivity index (χ0) is 16.6. The number of hydrogen-bond donors (Lipinski definition) is 0. The van der Waals surface area contributed by atoms with Gasteiger partial charge >= 0.3 is 6.18 Å². The largest absolute Gasteiger partial charge is 0.433 e. The maximum absolute atomic E-state index is 12.9. The van der Waals surface area contributed by atoms with E-state index in [2.05, 4.69) is 18.9 Å². The summed E-state index contributed by atoms with van der Waals surface area (Å²) in [4.78, 5) is 0. The van der Waals surface area contributed by atoms with Crippen LogP contribution in [-0.2, 0) is 13.2 Å². The second-order valence-corrected chi connectivity index (χ2v) is 6.12. The van der Waals surface area contributed by atoms with Crippen LogP contribution in [0.25, 0.3) is 0 Å². The highest BCUT2D eigenvalue weighted by atomic mass is 19.4. The maximum Gasteiger partial charge on any atom is 0.433 e. The van der Waals surface area contributed by atoms with Crippen molar-refractivity contribution in [2.75, 3.05) is 0 Å². The van der Waals surface area contributed by atoms with Crippen molar-refractivity contribution in [3.05, 3.63) is 17.5 Å². The number of aromatic nitrogens is 2. The molecule has 5 heteroatoms. The molecule has 1 unspecified atom stereocenters. The van der Waals surface area contributed by atoms with E-state index in [0.717, 1.165) is 49.6 Å². The minimum absolute atomic E-state index is 0.158. The average molecular weight is 318 g/mol. The summed E-state index contributed by atoms with van der Waals surface area (Å²) in [6.45, 7) is 4.30. The molecule has 1 aromatic rings. The molecule has 0 aliphatic rings. The van der Waals surface area contributed by atoms with Gasteiger partial charge in [-0.05, 0) is 18.9 Å². The van der Waals surface area contributed by atoms with E-state index < -0.39 is 11.9 Å². The van der Waals surface area contributed by atoms with E-state index >= 15 is 0 Å². The first-order valence-electron chi connectivity index (χ1n) is 8.51. The quantitative estimate of drug-likeness (QED) is 0.478. The molecule has 0 aromatic carbocycles. The van der Waals surface area contributed by atoms with Gasteiger partial charge < -0.3 is 0 Å². The number of nitrogens with zero attached hydrogens (tertiary/aromatic N) is 2. The standard InChI is InChI=1S/C17H29F3N2/c1-4-6-8-10-12-14(11-9-7-5-2)15-13-16(17(18,19)20)22(3)21-15/h13-14H,4-12H2,1-3H3. The Morgan fingerprint density at radius 3 is 2.05 bits per heavy atom. The number of aryl methyl sites for hydroxylation is 1. The van der Waals surface area contributed by atoms with Crippen LogP contribution in [0.5, 0.6) is 0 Å². The fourth-order valence-electron chi connectivity index (χ4n) is 2.85. The van der Waals surface area contributed by atoms with E-state index in [1.807, 2.05) is 0 Å². The van der Waals surface area contributed by atoms with E-state index in [1.54, 1.807) is 0 Å². The van der Waals surface area contributed by atoms with E-state index in [9.17, 15) is 13.2 Å². The van der Waals surface area contributed by atoms with Crippen LogP contribution in [0, 0.1) is 0 Å². The summed E-state index contributed by atoms with van der Waals surface area (Å²) >= 11 is 0. The molecule has 1 atom stereocenters. The topological polar surface area (TPSA) is 17.8 Å². The lowest BCUT2D eigenvalue weighted by Gasteiger charge is -2.14. The van der Waals surface area contributed by atoms with Crippen LogP contribution in [0.15, 0.2) is 6.07 Å². The van der Waals surface area contributed by atoms with Crippen LogP contribution in [-0.4, -0.2) is 9.78 Å². The SMILES string of the molecule is CCCCCCC(CCCCC)c1cc(C(F)(F)F)n(C)n1. The molecular weight excluding hydrogens is 289 g/mol. The summed E-state index contributed by atoms with van der Waals surface area (Å²) in [5, 5.41) is 4.15. The molecule has 0 amide bonds. The van der Waals surface area contributed by atoms with E-state index in [-0.39, 0.29) is 5.92 Å². The zero-order valence-electron chi connectivity index (χ0n) is 14.0. The number of alkyl halides is 3. The van der Waals surface area contributed by atoms with Crippen molar-refractivity contribution < 1.29 is 13.2 Å². The van der Waals surface area contributed by atoms with Crippen molar-refractivity contribution in [2.45, 2.75) is 83.7 Å². The summed E-state index contributed by atoms with van der Waals surface area (Å²) < 4.78 is 39.8. The van der Waals surface area contributed by atoms with Gasteiger partial charge in [0.1, 0.15) is 5.69 Å². The van der Waals surface area contributed by atoms with Gasteiger partial charge in [0.15, 0.2) is 0 Å². The van der Waals surface area contributed by atoms with Gasteiger partial charge in [-0.25, -0.2) is 0 Å². The smallest absolute Gasteiger partial charge is 0.263 e. The monoisotopic (exact) mass is 318 g/mol. The maximum atomic E-state index is 12.9. The van der Waals surface area contributed by atoms with Crippen LogP contribution >= 0.6 is 0 Å². The van der Waals surface area contributed by atoms with Gasteiger partial charge in [-0.1, -0.05) is 58.8 Å².